The minimum Gasteiger partial charge on any atom is -0.386 e. The van der Waals surface area contributed by atoms with Gasteiger partial charge in [0.1, 0.15) is 6.10 Å². The van der Waals surface area contributed by atoms with Gasteiger partial charge in [-0.2, -0.15) is 0 Å². The molecule has 0 amide bonds. The van der Waals surface area contributed by atoms with Gasteiger partial charge in [0.25, 0.3) is 0 Å². The van der Waals surface area contributed by atoms with Crippen molar-refractivity contribution < 1.29 is 5.11 Å². The predicted molar refractivity (Wildman–Crippen MR) is 67.5 cm³/mol. The maximum atomic E-state index is 9.86. The van der Waals surface area contributed by atoms with Gasteiger partial charge in [-0.25, -0.2) is 0 Å². The molecule has 0 aliphatic carbocycles. The first-order valence-corrected chi connectivity index (χ1v) is 5.70. The Labute approximate surface area is 97.2 Å². The second-order valence-corrected chi connectivity index (χ2v) is 4.58. The standard InChI is InChI=1S/C11H13N3OS/c12-11(13)14-6-8(15)10-5-7-3-1-2-4-9(7)16-10/h1-5,8,15H,6H2,(H4,12,13,14). The number of nitrogens with two attached hydrogens (primary N) is 2. The van der Waals surface area contributed by atoms with Gasteiger partial charge in [0.15, 0.2) is 5.96 Å². The van der Waals surface area contributed by atoms with Crippen molar-refractivity contribution in [3.63, 3.8) is 0 Å². The number of benzene rings is 1. The fraction of sp³-hybridized carbons (Fsp3) is 0.182. The third-order valence-electron chi connectivity index (χ3n) is 2.22. The maximum absolute atomic E-state index is 9.86. The zero-order valence-electron chi connectivity index (χ0n) is 8.63. The Morgan fingerprint density at radius 1 is 1.38 bits per heavy atom. The highest BCUT2D eigenvalue weighted by Crippen LogP contribution is 2.29. The number of guanidine groups is 1. The van der Waals surface area contributed by atoms with Crippen LogP contribution in [0.15, 0.2) is 35.3 Å². The molecule has 1 unspecified atom stereocenters. The highest BCUT2D eigenvalue weighted by Gasteiger charge is 2.10. The van der Waals surface area contributed by atoms with Gasteiger partial charge >= 0.3 is 0 Å². The minimum absolute atomic E-state index is 0.000149. The number of nitrogens with zero attached hydrogens (tertiary/aromatic N) is 1. The Bertz CT molecular complexity index is 484. The van der Waals surface area contributed by atoms with Crippen LogP contribution in [0.1, 0.15) is 11.0 Å². The predicted octanol–water partition coefficient (Wildman–Crippen LogP) is 1.21. The van der Waals surface area contributed by atoms with Gasteiger partial charge in [0, 0.05) is 9.58 Å². The molecule has 0 spiro atoms. The second-order valence-electron chi connectivity index (χ2n) is 3.47. The molecule has 16 heavy (non-hydrogen) atoms. The average molecular weight is 235 g/mol. The van der Waals surface area contributed by atoms with Crippen LogP contribution in [0.4, 0.5) is 0 Å². The van der Waals surface area contributed by atoms with Gasteiger partial charge < -0.3 is 16.6 Å². The van der Waals surface area contributed by atoms with Crippen LogP contribution in [-0.4, -0.2) is 17.6 Å². The van der Waals surface area contributed by atoms with Gasteiger partial charge in [0.2, 0.25) is 0 Å². The maximum Gasteiger partial charge on any atom is 0.186 e. The van der Waals surface area contributed by atoms with Crippen molar-refractivity contribution in [3.8, 4) is 0 Å². The van der Waals surface area contributed by atoms with Gasteiger partial charge in [-0.15, -0.1) is 11.3 Å². The fourth-order valence-corrected chi connectivity index (χ4v) is 2.49. The molecule has 2 aromatic rings. The van der Waals surface area contributed by atoms with E-state index in [2.05, 4.69) is 4.99 Å². The van der Waals surface area contributed by atoms with Gasteiger partial charge in [-0.05, 0) is 17.5 Å². The summed E-state index contributed by atoms with van der Waals surface area (Å²) >= 11 is 1.56. The molecule has 1 atom stereocenters. The Morgan fingerprint density at radius 3 is 2.81 bits per heavy atom. The SMILES string of the molecule is NC(N)=NCC(O)c1cc2ccccc2s1. The van der Waals surface area contributed by atoms with E-state index in [1.165, 1.54) is 0 Å². The molecule has 5 N–H and O–H groups in total. The fourth-order valence-electron chi connectivity index (χ4n) is 1.45. The Balaban J connectivity index is 2.23. The van der Waals surface area contributed by atoms with Crippen LogP contribution in [0.25, 0.3) is 10.1 Å². The van der Waals surface area contributed by atoms with Crippen LogP contribution < -0.4 is 11.5 Å². The smallest absolute Gasteiger partial charge is 0.186 e. The first kappa shape index (κ1) is 10.9. The number of aliphatic hydroxyl groups is 1. The van der Waals surface area contributed by atoms with Crippen LogP contribution in [0.5, 0.6) is 0 Å². The first-order valence-electron chi connectivity index (χ1n) is 4.89. The molecular formula is C11H13N3OS. The Hall–Kier alpha value is -1.59. The summed E-state index contributed by atoms with van der Waals surface area (Å²) in [6.07, 6.45) is -0.639. The van der Waals surface area contributed by atoms with Crippen molar-refractivity contribution in [1.82, 2.24) is 0 Å². The Morgan fingerprint density at radius 2 is 2.12 bits per heavy atom. The molecule has 1 aromatic carbocycles. The molecule has 1 aromatic heterocycles. The number of thiophene rings is 1. The minimum atomic E-state index is -0.639. The summed E-state index contributed by atoms with van der Waals surface area (Å²) in [7, 11) is 0. The third kappa shape index (κ3) is 2.32. The van der Waals surface area contributed by atoms with Crippen molar-refractivity contribution >= 4 is 27.4 Å². The molecule has 0 aliphatic rings. The van der Waals surface area contributed by atoms with E-state index >= 15 is 0 Å². The van der Waals surface area contributed by atoms with E-state index in [9.17, 15) is 5.11 Å². The first-order chi connectivity index (χ1) is 7.66. The number of fused-ring (bicyclic) bond motifs is 1. The zero-order valence-corrected chi connectivity index (χ0v) is 9.45. The molecular weight excluding hydrogens is 222 g/mol. The highest BCUT2D eigenvalue weighted by molar-refractivity contribution is 7.19. The summed E-state index contributed by atoms with van der Waals surface area (Å²) in [6.45, 7) is 0.204. The molecule has 0 fully saturated rings. The van der Waals surface area contributed by atoms with Crippen molar-refractivity contribution in [3.05, 3.63) is 35.2 Å². The largest absolute Gasteiger partial charge is 0.386 e. The average Bonchev–Trinajstić information content (AvgIpc) is 2.69. The number of hydrogen-bond donors (Lipinski definition) is 3. The molecule has 0 bridgehead atoms. The molecule has 0 saturated heterocycles. The normalized spacial score (nSPS) is 12.6. The van der Waals surface area contributed by atoms with Gasteiger partial charge in [0.05, 0.1) is 6.54 Å². The number of rotatable bonds is 3. The lowest BCUT2D eigenvalue weighted by Gasteiger charge is -2.03. The van der Waals surface area contributed by atoms with Crippen molar-refractivity contribution in [2.75, 3.05) is 6.54 Å². The van der Waals surface area contributed by atoms with Crippen molar-refractivity contribution in [2.45, 2.75) is 6.10 Å². The summed E-state index contributed by atoms with van der Waals surface area (Å²) in [5.74, 6) is 0.000149. The van der Waals surface area contributed by atoms with E-state index in [0.717, 1.165) is 15.0 Å². The Kier molecular flexibility index (Phi) is 3.07. The summed E-state index contributed by atoms with van der Waals surface area (Å²) in [6, 6.07) is 9.96. The molecule has 5 heteroatoms. The highest BCUT2D eigenvalue weighted by atomic mass is 32.1. The molecule has 1 heterocycles. The van der Waals surface area contributed by atoms with Crippen LogP contribution in [0.2, 0.25) is 0 Å². The summed E-state index contributed by atoms with van der Waals surface area (Å²) in [4.78, 5) is 4.68. The van der Waals surface area contributed by atoms with Crippen molar-refractivity contribution in [1.29, 1.82) is 0 Å². The lowest BCUT2D eigenvalue weighted by atomic mass is 10.2. The number of aliphatic imine (C=N–C) groups is 1. The third-order valence-corrected chi connectivity index (χ3v) is 3.44. The molecule has 0 saturated carbocycles. The van der Waals surface area contributed by atoms with Crippen LogP contribution in [0, 0.1) is 0 Å². The zero-order chi connectivity index (χ0) is 11.5. The van der Waals surface area contributed by atoms with Gasteiger partial charge in [-0.3, -0.25) is 4.99 Å². The summed E-state index contributed by atoms with van der Waals surface area (Å²) in [5.41, 5.74) is 10.4. The summed E-state index contributed by atoms with van der Waals surface area (Å²) in [5, 5.41) is 11.0. The molecule has 0 aliphatic heterocycles. The van der Waals surface area contributed by atoms with Crippen LogP contribution in [0.3, 0.4) is 0 Å². The van der Waals surface area contributed by atoms with E-state index in [4.69, 9.17) is 11.5 Å². The molecule has 84 valence electrons. The number of hydrogen-bond acceptors (Lipinski definition) is 3. The van der Waals surface area contributed by atoms with Crippen LogP contribution >= 0.6 is 11.3 Å². The van der Waals surface area contributed by atoms with E-state index in [0.29, 0.717) is 0 Å². The van der Waals surface area contributed by atoms with Crippen molar-refractivity contribution in [2.24, 2.45) is 16.5 Å². The molecule has 0 radical (unpaired) electrons. The molecule has 4 nitrogen and oxygen atoms in total. The monoisotopic (exact) mass is 235 g/mol. The van der Waals surface area contributed by atoms with Crippen LogP contribution in [-0.2, 0) is 0 Å². The van der Waals surface area contributed by atoms with Gasteiger partial charge in [-0.1, -0.05) is 18.2 Å². The van der Waals surface area contributed by atoms with E-state index in [-0.39, 0.29) is 12.5 Å². The lowest BCUT2D eigenvalue weighted by molar-refractivity contribution is 0.191. The van der Waals surface area contributed by atoms with E-state index < -0.39 is 6.10 Å². The lowest BCUT2D eigenvalue weighted by Crippen LogP contribution is -2.23. The van der Waals surface area contributed by atoms with E-state index in [1.807, 2.05) is 30.3 Å². The van der Waals surface area contributed by atoms with E-state index in [1.54, 1.807) is 11.3 Å². The second kappa shape index (κ2) is 4.51. The topological polar surface area (TPSA) is 84.6 Å². The number of aliphatic hydroxyl groups excluding tert-OH is 1. The summed E-state index contributed by atoms with van der Waals surface area (Å²) < 4.78 is 1.15. The molecule has 2 rings (SSSR count). The quantitative estimate of drug-likeness (QED) is 0.552.